The smallest absolute Gasteiger partial charge is 0.259 e. The minimum atomic E-state index is -0.395. The molecule has 1 fully saturated rings. The number of rotatable bonds is 7. The van der Waals surface area contributed by atoms with Crippen molar-refractivity contribution in [2.24, 2.45) is 0 Å². The van der Waals surface area contributed by atoms with Gasteiger partial charge in [0, 0.05) is 44.4 Å². The van der Waals surface area contributed by atoms with Gasteiger partial charge in [-0.1, -0.05) is 18.2 Å². The van der Waals surface area contributed by atoms with Crippen molar-refractivity contribution in [2.45, 2.75) is 19.3 Å². The Kier molecular flexibility index (Phi) is 6.85. The maximum absolute atomic E-state index is 13.5. The number of benzene rings is 1. The van der Waals surface area contributed by atoms with Gasteiger partial charge in [-0.15, -0.1) is 0 Å². The van der Waals surface area contributed by atoms with E-state index < -0.39 is 6.10 Å². The molecule has 184 valence electrons. The largest absolute Gasteiger partial charge is 0.497 e. The van der Waals surface area contributed by atoms with Gasteiger partial charge >= 0.3 is 0 Å². The molecule has 1 aliphatic heterocycles. The Morgan fingerprint density at radius 3 is 2.69 bits per heavy atom. The summed E-state index contributed by atoms with van der Waals surface area (Å²) in [6.07, 6.45) is 7.87. The Bertz CT molecular complexity index is 1340. The molecule has 4 heterocycles. The molecular weight excluding hydrogens is 460 g/mol. The molecule has 1 saturated heterocycles. The van der Waals surface area contributed by atoms with Gasteiger partial charge in [-0.2, -0.15) is 5.10 Å². The number of carbonyl (C=O) groups excluding carboxylic acids is 2. The number of ether oxygens (including phenoxy) is 2. The second-order valence-electron chi connectivity index (χ2n) is 8.55. The highest BCUT2D eigenvalue weighted by molar-refractivity contribution is 6.01. The van der Waals surface area contributed by atoms with Crippen molar-refractivity contribution in [1.82, 2.24) is 29.4 Å². The molecule has 0 spiro atoms. The van der Waals surface area contributed by atoms with Gasteiger partial charge < -0.3 is 19.3 Å². The van der Waals surface area contributed by atoms with Gasteiger partial charge in [0.2, 0.25) is 5.91 Å². The average Bonchev–Trinajstić information content (AvgIpc) is 3.28. The molecule has 0 aliphatic carbocycles. The Hall–Kier alpha value is -4.31. The van der Waals surface area contributed by atoms with Gasteiger partial charge in [0.15, 0.2) is 5.65 Å². The van der Waals surface area contributed by atoms with E-state index in [9.17, 15) is 9.59 Å². The van der Waals surface area contributed by atoms with Crippen LogP contribution < -0.4 is 4.74 Å². The fraction of sp³-hybridized carbons (Fsp3) is 0.269. The third-order valence-electron chi connectivity index (χ3n) is 6.06. The second-order valence-corrected chi connectivity index (χ2v) is 8.55. The summed E-state index contributed by atoms with van der Waals surface area (Å²) in [5.41, 5.74) is 2.67. The molecular formula is C26H26N6O4. The van der Waals surface area contributed by atoms with E-state index in [4.69, 9.17) is 9.47 Å². The normalized spacial score (nSPS) is 16.2. The quantitative estimate of drug-likeness (QED) is 0.395. The molecule has 5 rings (SSSR count). The predicted octanol–water partition coefficient (Wildman–Crippen LogP) is 2.20. The molecule has 10 nitrogen and oxygen atoms in total. The van der Waals surface area contributed by atoms with Crippen LogP contribution in [0.1, 0.15) is 21.5 Å². The van der Waals surface area contributed by atoms with E-state index in [1.54, 1.807) is 47.4 Å². The van der Waals surface area contributed by atoms with Crippen LogP contribution >= 0.6 is 0 Å². The highest BCUT2D eigenvalue weighted by atomic mass is 16.5. The first-order valence-electron chi connectivity index (χ1n) is 11.6. The van der Waals surface area contributed by atoms with E-state index in [0.29, 0.717) is 30.9 Å². The van der Waals surface area contributed by atoms with Crippen molar-refractivity contribution >= 4 is 17.5 Å². The standard InChI is InChI=1S/C26H26N6O4/c1-35-21-7-5-19(6-8-21)14-30-15-22(36-18-20-4-2-9-27-12-20)16-31(17-24(30)33)26(34)23-13-29-32-11-3-10-28-25(23)32/h2-13,22H,14-18H2,1H3. The molecule has 0 radical (unpaired) electrons. The van der Waals surface area contributed by atoms with Crippen molar-refractivity contribution in [1.29, 1.82) is 0 Å². The van der Waals surface area contributed by atoms with E-state index in [1.165, 1.54) is 11.1 Å². The summed E-state index contributed by atoms with van der Waals surface area (Å²) in [4.78, 5) is 38.5. The van der Waals surface area contributed by atoms with Crippen molar-refractivity contribution in [3.05, 3.63) is 90.1 Å². The number of methoxy groups -OCH3 is 1. The van der Waals surface area contributed by atoms with Crippen LogP contribution in [0.4, 0.5) is 0 Å². The molecule has 1 aromatic carbocycles. The van der Waals surface area contributed by atoms with Crippen LogP contribution in [-0.2, 0) is 22.7 Å². The number of fused-ring (bicyclic) bond motifs is 1. The van der Waals surface area contributed by atoms with Crippen LogP contribution in [0.5, 0.6) is 5.75 Å². The van der Waals surface area contributed by atoms with Gasteiger partial charge in [-0.3, -0.25) is 14.6 Å². The summed E-state index contributed by atoms with van der Waals surface area (Å²) in [7, 11) is 1.61. The molecule has 0 bridgehead atoms. The Morgan fingerprint density at radius 1 is 1.06 bits per heavy atom. The van der Waals surface area contributed by atoms with Crippen LogP contribution in [0.15, 0.2) is 73.4 Å². The lowest BCUT2D eigenvalue weighted by Gasteiger charge is -2.25. The predicted molar refractivity (Wildman–Crippen MR) is 130 cm³/mol. The summed E-state index contributed by atoms with van der Waals surface area (Å²) in [6.45, 7) is 1.27. The highest BCUT2D eigenvalue weighted by Crippen LogP contribution is 2.19. The van der Waals surface area contributed by atoms with Gasteiger partial charge in [0.25, 0.3) is 5.91 Å². The molecule has 0 saturated carbocycles. The van der Waals surface area contributed by atoms with Crippen molar-refractivity contribution < 1.29 is 19.1 Å². The van der Waals surface area contributed by atoms with Crippen LogP contribution in [0, 0.1) is 0 Å². The zero-order chi connectivity index (χ0) is 24.9. The lowest BCUT2D eigenvalue weighted by Crippen LogP contribution is -2.39. The first kappa shape index (κ1) is 23.4. The molecule has 36 heavy (non-hydrogen) atoms. The van der Waals surface area contributed by atoms with Gasteiger partial charge in [0.05, 0.1) is 26.0 Å². The molecule has 10 heteroatoms. The average molecular weight is 487 g/mol. The first-order chi connectivity index (χ1) is 17.6. The maximum Gasteiger partial charge on any atom is 0.259 e. The van der Waals surface area contributed by atoms with E-state index in [0.717, 1.165) is 16.9 Å². The number of hydrogen-bond acceptors (Lipinski definition) is 7. The van der Waals surface area contributed by atoms with Crippen molar-refractivity contribution in [2.75, 3.05) is 26.7 Å². The number of nitrogens with zero attached hydrogens (tertiary/aromatic N) is 6. The first-order valence-corrected chi connectivity index (χ1v) is 11.6. The lowest BCUT2D eigenvalue weighted by atomic mass is 10.2. The zero-order valence-corrected chi connectivity index (χ0v) is 19.9. The SMILES string of the molecule is COc1ccc(CN2CC(OCc3cccnc3)CN(C(=O)c3cnn4cccnc34)CC2=O)cc1. The van der Waals surface area contributed by atoms with Crippen LogP contribution in [0.3, 0.4) is 0 Å². The fourth-order valence-electron chi connectivity index (χ4n) is 4.19. The highest BCUT2D eigenvalue weighted by Gasteiger charge is 2.32. The third kappa shape index (κ3) is 5.18. The molecule has 0 N–H and O–H groups in total. The molecule has 2 amide bonds. The minimum absolute atomic E-state index is 0.0636. The van der Waals surface area contributed by atoms with Crippen molar-refractivity contribution in [3.8, 4) is 5.75 Å². The van der Waals surface area contributed by atoms with Crippen LogP contribution in [-0.4, -0.2) is 74.0 Å². The molecule has 1 atom stereocenters. The Labute approximate surface area is 208 Å². The van der Waals surface area contributed by atoms with Gasteiger partial charge in [-0.25, -0.2) is 9.50 Å². The van der Waals surface area contributed by atoms with E-state index in [1.807, 2.05) is 36.4 Å². The Morgan fingerprint density at radius 2 is 1.92 bits per heavy atom. The summed E-state index contributed by atoms with van der Waals surface area (Å²) < 4.78 is 13.0. The number of pyridine rings is 1. The van der Waals surface area contributed by atoms with E-state index in [2.05, 4.69) is 15.1 Å². The van der Waals surface area contributed by atoms with E-state index >= 15 is 0 Å². The molecule has 3 aromatic heterocycles. The summed E-state index contributed by atoms with van der Waals surface area (Å²) >= 11 is 0. The fourth-order valence-corrected chi connectivity index (χ4v) is 4.19. The summed E-state index contributed by atoms with van der Waals surface area (Å²) in [5.74, 6) is 0.284. The number of amides is 2. The Balaban J connectivity index is 1.38. The molecule has 4 aromatic rings. The number of aromatic nitrogens is 4. The number of carbonyl (C=O) groups is 2. The van der Waals surface area contributed by atoms with Crippen LogP contribution in [0.2, 0.25) is 0 Å². The maximum atomic E-state index is 13.5. The van der Waals surface area contributed by atoms with Crippen molar-refractivity contribution in [3.63, 3.8) is 0 Å². The van der Waals surface area contributed by atoms with Gasteiger partial charge in [0.1, 0.15) is 17.9 Å². The summed E-state index contributed by atoms with van der Waals surface area (Å²) in [6, 6.07) is 13.1. The minimum Gasteiger partial charge on any atom is -0.497 e. The lowest BCUT2D eigenvalue weighted by molar-refractivity contribution is -0.132. The topological polar surface area (TPSA) is 102 Å². The monoisotopic (exact) mass is 486 g/mol. The van der Waals surface area contributed by atoms with E-state index in [-0.39, 0.29) is 24.9 Å². The molecule has 1 unspecified atom stereocenters. The second kappa shape index (κ2) is 10.5. The van der Waals surface area contributed by atoms with Crippen LogP contribution in [0.25, 0.3) is 5.65 Å². The third-order valence-corrected chi connectivity index (χ3v) is 6.06. The zero-order valence-electron chi connectivity index (χ0n) is 19.9. The van der Waals surface area contributed by atoms with Gasteiger partial charge in [-0.05, 0) is 35.4 Å². The molecule has 1 aliphatic rings. The summed E-state index contributed by atoms with van der Waals surface area (Å²) in [5, 5.41) is 4.22. The number of hydrogen-bond donors (Lipinski definition) is 0.